The highest BCUT2D eigenvalue weighted by atomic mass is 35.5. The molecule has 0 fully saturated rings. The first-order valence-electron chi connectivity index (χ1n) is 7.49. The summed E-state index contributed by atoms with van der Waals surface area (Å²) >= 11 is 5.97. The number of nitro benzene ring substituents is 1. The summed E-state index contributed by atoms with van der Waals surface area (Å²) < 4.78 is 0. The number of halogens is 1. The maximum Gasteiger partial charge on any atom is 0.282 e. The zero-order valence-electron chi connectivity index (χ0n) is 13.6. The summed E-state index contributed by atoms with van der Waals surface area (Å²) in [4.78, 5) is 28.8. The third-order valence-corrected chi connectivity index (χ3v) is 4.07. The zero-order chi connectivity index (χ0) is 18.1. The molecule has 2 aromatic carbocycles. The lowest BCUT2D eigenvalue weighted by molar-refractivity contribution is -0.384. The molecule has 0 saturated heterocycles. The molecule has 0 atom stereocenters. The molecule has 0 N–H and O–H groups in total. The average Bonchev–Trinajstić information content (AvgIpc) is 2.82. The van der Waals surface area contributed by atoms with Crippen molar-refractivity contribution in [3.8, 4) is 0 Å². The van der Waals surface area contributed by atoms with Crippen molar-refractivity contribution < 1.29 is 9.72 Å². The van der Waals surface area contributed by atoms with Gasteiger partial charge < -0.3 is 0 Å². The Labute approximate surface area is 149 Å². The molecule has 1 aliphatic rings. The molecule has 0 spiro atoms. The summed E-state index contributed by atoms with van der Waals surface area (Å²) in [6.07, 6.45) is 1.61. The Balaban J connectivity index is 1.93. The van der Waals surface area contributed by atoms with Crippen molar-refractivity contribution in [3.63, 3.8) is 0 Å². The van der Waals surface area contributed by atoms with E-state index in [1.54, 1.807) is 43.3 Å². The number of aryl methyl sites for hydroxylation is 1. The molecule has 0 bridgehead atoms. The van der Waals surface area contributed by atoms with Gasteiger partial charge in [-0.2, -0.15) is 0 Å². The minimum absolute atomic E-state index is 0.00186. The molecular formula is C18H14ClN3O3. The second-order valence-corrected chi connectivity index (χ2v) is 6.05. The van der Waals surface area contributed by atoms with E-state index in [-0.39, 0.29) is 17.3 Å². The summed E-state index contributed by atoms with van der Waals surface area (Å²) in [5.74, 6) is 0.310. The SMILES string of the molecule is CC1=NC(=Cc2ccc([N+](=O)[O-])cc2)C(=O)N1c1ccc(Cl)cc1C. The third kappa shape index (κ3) is 3.29. The lowest BCUT2D eigenvalue weighted by Crippen LogP contribution is -2.30. The first kappa shape index (κ1) is 16.9. The van der Waals surface area contributed by atoms with E-state index in [0.29, 0.717) is 16.4 Å². The van der Waals surface area contributed by atoms with Gasteiger partial charge in [-0.15, -0.1) is 0 Å². The van der Waals surface area contributed by atoms with Crippen molar-refractivity contribution >= 4 is 40.8 Å². The number of carbonyl (C=O) groups is 1. The molecule has 1 aliphatic heterocycles. The van der Waals surface area contributed by atoms with Crippen LogP contribution in [0.25, 0.3) is 6.08 Å². The van der Waals surface area contributed by atoms with E-state index in [2.05, 4.69) is 4.99 Å². The van der Waals surface area contributed by atoms with Crippen LogP contribution in [0.15, 0.2) is 53.2 Å². The number of hydrogen-bond acceptors (Lipinski definition) is 4. The van der Waals surface area contributed by atoms with Gasteiger partial charge in [0.2, 0.25) is 0 Å². The second kappa shape index (κ2) is 6.49. The molecule has 0 unspecified atom stereocenters. The van der Waals surface area contributed by atoms with Gasteiger partial charge in [0.15, 0.2) is 0 Å². The van der Waals surface area contributed by atoms with Crippen LogP contribution >= 0.6 is 11.6 Å². The average molecular weight is 356 g/mol. The number of anilines is 1. The highest BCUT2D eigenvalue weighted by molar-refractivity contribution is 6.31. The quantitative estimate of drug-likeness (QED) is 0.466. The van der Waals surface area contributed by atoms with E-state index in [1.807, 2.05) is 6.92 Å². The second-order valence-electron chi connectivity index (χ2n) is 5.61. The van der Waals surface area contributed by atoms with Crippen LogP contribution in [0.2, 0.25) is 5.02 Å². The maximum atomic E-state index is 12.7. The molecule has 2 aromatic rings. The summed E-state index contributed by atoms with van der Waals surface area (Å²) in [5, 5.41) is 11.3. The van der Waals surface area contributed by atoms with Crippen molar-refractivity contribution in [2.75, 3.05) is 4.90 Å². The number of benzene rings is 2. The van der Waals surface area contributed by atoms with Gasteiger partial charge in [-0.1, -0.05) is 11.6 Å². The van der Waals surface area contributed by atoms with Crippen LogP contribution in [0.4, 0.5) is 11.4 Å². The zero-order valence-corrected chi connectivity index (χ0v) is 14.3. The molecule has 0 radical (unpaired) electrons. The number of nitrogens with zero attached hydrogens (tertiary/aromatic N) is 3. The molecule has 3 rings (SSSR count). The molecule has 0 aromatic heterocycles. The lowest BCUT2D eigenvalue weighted by atomic mass is 10.1. The van der Waals surface area contributed by atoms with Gasteiger partial charge in [0.05, 0.1) is 10.6 Å². The van der Waals surface area contributed by atoms with Crippen molar-refractivity contribution in [2.24, 2.45) is 4.99 Å². The van der Waals surface area contributed by atoms with Gasteiger partial charge in [0.25, 0.3) is 11.6 Å². The minimum atomic E-state index is -0.467. The van der Waals surface area contributed by atoms with Crippen LogP contribution in [-0.4, -0.2) is 16.7 Å². The Morgan fingerprint density at radius 2 is 1.84 bits per heavy atom. The standard InChI is InChI=1S/C18H14ClN3O3/c1-11-9-14(19)5-8-17(11)21-12(2)20-16(18(21)23)10-13-3-6-15(7-4-13)22(24)25/h3-10H,1-2H3. The van der Waals surface area contributed by atoms with E-state index >= 15 is 0 Å². The number of hydrogen-bond donors (Lipinski definition) is 0. The predicted molar refractivity (Wildman–Crippen MR) is 97.9 cm³/mol. The highest BCUT2D eigenvalue weighted by Gasteiger charge is 2.29. The minimum Gasteiger partial charge on any atom is -0.266 e. The van der Waals surface area contributed by atoms with Gasteiger partial charge in [-0.25, -0.2) is 4.99 Å². The maximum absolute atomic E-state index is 12.7. The Morgan fingerprint density at radius 1 is 1.16 bits per heavy atom. The number of carbonyl (C=O) groups excluding carboxylic acids is 1. The molecule has 126 valence electrons. The fraction of sp³-hybridized carbons (Fsp3) is 0.111. The molecule has 7 heteroatoms. The third-order valence-electron chi connectivity index (χ3n) is 3.84. The van der Waals surface area contributed by atoms with Crippen LogP contribution in [-0.2, 0) is 4.79 Å². The molecule has 0 saturated carbocycles. The fourth-order valence-electron chi connectivity index (χ4n) is 2.63. The fourth-order valence-corrected chi connectivity index (χ4v) is 2.86. The summed E-state index contributed by atoms with van der Waals surface area (Å²) in [6, 6.07) is 11.2. The number of amides is 1. The highest BCUT2D eigenvalue weighted by Crippen LogP contribution is 2.29. The normalized spacial score (nSPS) is 15.6. The monoisotopic (exact) mass is 355 g/mol. The van der Waals surface area contributed by atoms with Crippen molar-refractivity contribution in [1.82, 2.24) is 0 Å². The first-order valence-corrected chi connectivity index (χ1v) is 7.86. The van der Waals surface area contributed by atoms with Crippen LogP contribution < -0.4 is 4.90 Å². The number of rotatable bonds is 3. The molecule has 1 amide bonds. The van der Waals surface area contributed by atoms with E-state index in [9.17, 15) is 14.9 Å². The van der Waals surface area contributed by atoms with Crippen molar-refractivity contribution in [3.05, 3.63) is 74.4 Å². The van der Waals surface area contributed by atoms with Crippen molar-refractivity contribution in [2.45, 2.75) is 13.8 Å². The van der Waals surface area contributed by atoms with E-state index in [1.165, 1.54) is 17.0 Å². The topological polar surface area (TPSA) is 75.8 Å². The number of non-ortho nitro benzene ring substituents is 1. The summed E-state index contributed by atoms with van der Waals surface area (Å²) in [6.45, 7) is 3.63. The Kier molecular flexibility index (Phi) is 4.37. The first-order chi connectivity index (χ1) is 11.9. The van der Waals surface area contributed by atoms with Crippen LogP contribution in [0.3, 0.4) is 0 Å². The lowest BCUT2D eigenvalue weighted by Gasteiger charge is -2.18. The Hall–Kier alpha value is -2.99. The number of aliphatic imine (C=N–C) groups is 1. The summed E-state index contributed by atoms with van der Waals surface area (Å²) in [7, 11) is 0. The van der Waals surface area contributed by atoms with Crippen LogP contribution in [0.1, 0.15) is 18.1 Å². The summed E-state index contributed by atoms with van der Waals surface area (Å²) in [5.41, 5.74) is 2.54. The van der Waals surface area contributed by atoms with Gasteiger partial charge in [-0.05, 0) is 61.4 Å². The molecule has 6 nitrogen and oxygen atoms in total. The Morgan fingerprint density at radius 3 is 2.44 bits per heavy atom. The molecular weight excluding hydrogens is 342 g/mol. The predicted octanol–water partition coefficient (Wildman–Crippen LogP) is 4.36. The number of amidine groups is 1. The van der Waals surface area contributed by atoms with E-state index in [4.69, 9.17) is 11.6 Å². The van der Waals surface area contributed by atoms with Crippen LogP contribution in [0.5, 0.6) is 0 Å². The van der Waals surface area contributed by atoms with Crippen LogP contribution in [0, 0.1) is 17.0 Å². The largest absolute Gasteiger partial charge is 0.282 e. The van der Waals surface area contributed by atoms with Gasteiger partial charge >= 0.3 is 0 Å². The van der Waals surface area contributed by atoms with Gasteiger partial charge in [-0.3, -0.25) is 19.8 Å². The van der Waals surface area contributed by atoms with Gasteiger partial charge in [0, 0.05) is 17.2 Å². The molecule has 0 aliphatic carbocycles. The molecule has 1 heterocycles. The Bertz CT molecular complexity index is 933. The van der Waals surface area contributed by atoms with Crippen molar-refractivity contribution in [1.29, 1.82) is 0 Å². The van der Waals surface area contributed by atoms with Gasteiger partial charge in [0.1, 0.15) is 11.5 Å². The van der Waals surface area contributed by atoms with E-state index in [0.717, 1.165) is 11.3 Å². The molecule has 25 heavy (non-hydrogen) atoms. The number of nitro groups is 1. The van der Waals surface area contributed by atoms with E-state index < -0.39 is 4.92 Å². The smallest absolute Gasteiger partial charge is 0.266 e.